The molecule has 1 aliphatic heterocycles. The second-order valence-corrected chi connectivity index (χ2v) is 3.77. The summed E-state index contributed by atoms with van der Waals surface area (Å²) < 4.78 is 1.79. The van der Waals surface area contributed by atoms with Gasteiger partial charge in [-0.05, 0) is 19.4 Å². The van der Waals surface area contributed by atoms with Gasteiger partial charge in [0.15, 0.2) is 5.82 Å². The van der Waals surface area contributed by atoms with Crippen LogP contribution in [0.2, 0.25) is 0 Å². The molecule has 0 bridgehead atoms. The van der Waals surface area contributed by atoms with Crippen molar-refractivity contribution in [2.75, 3.05) is 13.1 Å². The third kappa shape index (κ3) is 3.20. The maximum absolute atomic E-state index is 12.0. The Morgan fingerprint density at radius 2 is 2.31 bits per heavy atom. The second-order valence-electron chi connectivity index (χ2n) is 3.77. The van der Waals surface area contributed by atoms with E-state index in [0.717, 1.165) is 25.9 Å². The van der Waals surface area contributed by atoms with Crippen LogP contribution in [0, 0.1) is 5.92 Å². The number of carbonyl (C=O) groups excluding carboxylic acids is 1. The number of nitrogens with one attached hydrogen (secondary N) is 1. The summed E-state index contributed by atoms with van der Waals surface area (Å²) in [6.45, 7) is 1.83. The molecule has 16 heavy (non-hydrogen) atoms. The van der Waals surface area contributed by atoms with E-state index >= 15 is 0 Å². The highest BCUT2D eigenvalue weighted by Gasteiger charge is 2.24. The Labute approximate surface area is 108 Å². The van der Waals surface area contributed by atoms with Crippen molar-refractivity contribution in [2.24, 2.45) is 13.0 Å². The molecule has 0 aromatic carbocycles. The first kappa shape index (κ1) is 15.4. The molecule has 1 atom stereocenters. The molecule has 2 rings (SSSR count). The number of hydrogen-bond donors (Lipinski definition) is 1. The number of hydrogen-bond acceptors (Lipinski definition) is 3. The molecule has 1 unspecified atom stereocenters. The molecule has 0 aliphatic carbocycles. The number of piperidine rings is 1. The maximum Gasteiger partial charge on any atom is 0.202 e. The average Bonchev–Trinajstić information content (AvgIpc) is 2.65. The Balaban J connectivity index is 0.00000112. The molecule has 0 amide bonds. The highest BCUT2D eigenvalue weighted by molar-refractivity contribution is 5.94. The molecule has 1 aromatic rings. The predicted molar refractivity (Wildman–Crippen MR) is 67.6 cm³/mol. The molecule has 0 saturated carbocycles. The van der Waals surface area contributed by atoms with Crippen LogP contribution >= 0.6 is 24.8 Å². The number of aryl methyl sites for hydroxylation is 1. The lowest BCUT2D eigenvalue weighted by molar-refractivity contribution is 0.0885. The summed E-state index contributed by atoms with van der Waals surface area (Å²) in [5.74, 6) is 0.869. The van der Waals surface area contributed by atoms with Crippen LogP contribution in [0.3, 0.4) is 0 Å². The normalized spacial score (nSPS) is 19.4. The molecular formula is C10H17Cl2N3O. The van der Waals surface area contributed by atoms with Crippen molar-refractivity contribution >= 4 is 30.6 Å². The Morgan fingerprint density at radius 1 is 1.56 bits per heavy atom. The fourth-order valence-corrected chi connectivity index (χ4v) is 1.86. The second kappa shape index (κ2) is 6.89. The van der Waals surface area contributed by atoms with Crippen molar-refractivity contribution < 1.29 is 4.79 Å². The Morgan fingerprint density at radius 3 is 2.81 bits per heavy atom. The Hall–Kier alpha value is -0.580. The lowest BCUT2D eigenvalue weighted by Crippen LogP contribution is -2.35. The molecule has 92 valence electrons. The van der Waals surface area contributed by atoms with E-state index < -0.39 is 0 Å². The highest BCUT2D eigenvalue weighted by atomic mass is 35.5. The monoisotopic (exact) mass is 265 g/mol. The SMILES string of the molecule is Cl.Cl.Cn1ccnc1C(=O)C1CCCNC1. The fourth-order valence-electron chi connectivity index (χ4n) is 1.86. The van der Waals surface area contributed by atoms with Gasteiger partial charge < -0.3 is 9.88 Å². The minimum Gasteiger partial charge on any atom is -0.332 e. The zero-order chi connectivity index (χ0) is 9.97. The number of imidazole rings is 1. The molecule has 6 heteroatoms. The first-order valence-corrected chi connectivity index (χ1v) is 5.01. The van der Waals surface area contributed by atoms with Crippen LogP contribution < -0.4 is 5.32 Å². The minimum atomic E-state index is 0. The summed E-state index contributed by atoms with van der Waals surface area (Å²) in [5, 5.41) is 3.24. The smallest absolute Gasteiger partial charge is 0.202 e. The molecule has 1 saturated heterocycles. The van der Waals surface area contributed by atoms with Crippen LogP contribution in [-0.4, -0.2) is 28.4 Å². The van der Waals surface area contributed by atoms with Gasteiger partial charge in [0.2, 0.25) is 5.78 Å². The van der Waals surface area contributed by atoms with Crippen molar-refractivity contribution in [1.29, 1.82) is 0 Å². The summed E-state index contributed by atoms with van der Waals surface area (Å²) in [6, 6.07) is 0. The van der Waals surface area contributed by atoms with E-state index in [1.165, 1.54) is 0 Å². The van der Waals surface area contributed by atoms with E-state index in [-0.39, 0.29) is 36.5 Å². The average molecular weight is 266 g/mol. The summed E-state index contributed by atoms with van der Waals surface area (Å²) in [4.78, 5) is 16.0. The number of carbonyl (C=O) groups is 1. The van der Waals surface area contributed by atoms with Crippen molar-refractivity contribution in [3.8, 4) is 0 Å². The van der Waals surface area contributed by atoms with Crippen molar-refractivity contribution in [2.45, 2.75) is 12.8 Å². The van der Waals surface area contributed by atoms with Crippen molar-refractivity contribution in [3.63, 3.8) is 0 Å². The number of nitrogens with zero attached hydrogens (tertiary/aromatic N) is 2. The molecule has 1 aliphatic rings. The summed E-state index contributed by atoms with van der Waals surface area (Å²) in [7, 11) is 1.86. The van der Waals surface area contributed by atoms with Crippen LogP contribution in [0.4, 0.5) is 0 Å². The predicted octanol–water partition coefficient (Wildman–Crippen LogP) is 1.45. The number of aromatic nitrogens is 2. The number of rotatable bonds is 2. The molecule has 1 aromatic heterocycles. The van der Waals surface area contributed by atoms with E-state index in [4.69, 9.17) is 0 Å². The lowest BCUT2D eigenvalue weighted by Gasteiger charge is -2.20. The van der Waals surface area contributed by atoms with E-state index in [1.807, 2.05) is 13.2 Å². The van der Waals surface area contributed by atoms with Crippen LogP contribution in [0.15, 0.2) is 12.4 Å². The van der Waals surface area contributed by atoms with E-state index in [1.54, 1.807) is 10.8 Å². The molecule has 4 nitrogen and oxygen atoms in total. The van der Waals surface area contributed by atoms with Gasteiger partial charge in [-0.2, -0.15) is 0 Å². The van der Waals surface area contributed by atoms with Gasteiger partial charge in [0.05, 0.1) is 0 Å². The zero-order valence-corrected chi connectivity index (χ0v) is 10.8. The summed E-state index contributed by atoms with van der Waals surface area (Å²) in [5.41, 5.74) is 0. The quantitative estimate of drug-likeness (QED) is 0.824. The summed E-state index contributed by atoms with van der Waals surface area (Å²) >= 11 is 0. The molecule has 1 fully saturated rings. The number of Topliss-reactive ketones (excluding diaryl/α,β-unsaturated/α-hetero) is 1. The molecule has 0 radical (unpaired) electrons. The van der Waals surface area contributed by atoms with Gasteiger partial charge in [-0.1, -0.05) is 0 Å². The molecule has 1 N–H and O–H groups in total. The molecular weight excluding hydrogens is 249 g/mol. The van der Waals surface area contributed by atoms with Gasteiger partial charge in [-0.25, -0.2) is 4.98 Å². The molecule has 2 heterocycles. The van der Waals surface area contributed by atoms with E-state index in [0.29, 0.717) is 5.82 Å². The largest absolute Gasteiger partial charge is 0.332 e. The third-order valence-electron chi connectivity index (χ3n) is 2.71. The first-order valence-electron chi connectivity index (χ1n) is 5.01. The van der Waals surface area contributed by atoms with Crippen LogP contribution in [-0.2, 0) is 7.05 Å². The third-order valence-corrected chi connectivity index (χ3v) is 2.71. The van der Waals surface area contributed by atoms with Gasteiger partial charge in [0.1, 0.15) is 0 Å². The first-order chi connectivity index (χ1) is 6.79. The van der Waals surface area contributed by atoms with Gasteiger partial charge in [0.25, 0.3) is 0 Å². The Bertz CT molecular complexity index is 335. The highest BCUT2D eigenvalue weighted by Crippen LogP contribution is 2.14. The van der Waals surface area contributed by atoms with Crippen LogP contribution in [0.25, 0.3) is 0 Å². The van der Waals surface area contributed by atoms with Crippen molar-refractivity contribution in [3.05, 3.63) is 18.2 Å². The maximum atomic E-state index is 12.0. The molecule has 0 spiro atoms. The minimum absolute atomic E-state index is 0. The number of halogens is 2. The van der Waals surface area contributed by atoms with E-state index in [2.05, 4.69) is 10.3 Å². The van der Waals surface area contributed by atoms with Crippen molar-refractivity contribution in [1.82, 2.24) is 14.9 Å². The standard InChI is InChI=1S/C10H15N3O.2ClH/c1-13-6-5-12-10(13)9(14)8-3-2-4-11-7-8;;/h5-6,8,11H,2-4,7H2,1H3;2*1H. The summed E-state index contributed by atoms with van der Waals surface area (Å²) in [6.07, 6.45) is 5.55. The topological polar surface area (TPSA) is 46.9 Å². The van der Waals surface area contributed by atoms with Crippen LogP contribution in [0.5, 0.6) is 0 Å². The van der Waals surface area contributed by atoms with Gasteiger partial charge >= 0.3 is 0 Å². The zero-order valence-electron chi connectivity index (χ0n) is 9.18. The van der Waals surface area contributed by atoms with E-state index in [9.17, 15) is 4.79 Å². The Kier molecular flexibility index (Phi) is 6.64. The number of ketones is 1. The van der Waals surface area contributed by atoms with Gasteiger partial charge in [-0.3, -0.25) is 4.79 Å². The van der Waals surface area contributed by atoms with Gasteiger partial charge in [0, 0.05) is 31.9 Å². The van der Waals surface area contributed by atoms with Gasteiger partial charge in [-0.15, -0.1) is 24.8 Å². The fraction of sp³-hybridized carbons (Fsp3) is 0.600. The lowest BCUT2D eigenvalue weighted by atomic mass is 9.95. The van der Waals surface area contributed by atoms with Crippen LogP contribution in [0.1, 0.15) is 23.5 Å².